The Hall–Kier alpha value is -1.18. The molecule has 0 aliphatic heterocycles. The number of ether oxygens (including phenoxy) is 1. The molecule has 0 aromatic carbocycles. The van der Waals surface area contributed by atoms with Crippen LogP contribution < -0.4 is 10.5 Å². The van der Waals surface area contributed by atoms with Crippen molar-refractivity contribution < 1.29 is 13.2 Å². The first kappa shape index (κ1) is 15.9. The van der Waals surface area contributed by atoms with Crippen LogP contribution in [0.2, 0.25) is 0 Å². The molecule has 1 heterocycles. The van der Waals surface area contributed by atoms with E-state index in [-0.39, 0.29) is 17.3 Å². The predicted octanol–water partition coefficient (Wildman–Crippen LogP) is 1.00. The number of nitrogens with one attached hydrogen (secondary N) is 1. The third kappa shape index (κ3) is 6.00. The van der Waals surface area contributed by atoms with E-state index in [0.29, 0.717) is 19.1 Å². The van der Waals surface area contributed by atoms with E-state index in [2.05, 4.69) is 23.6 Å². The number of nitrogen functional groups attached to an aromatic ring is 1. The molecule has 1 aromatic heterocycles. The Morgan fingerprint density at radius 2 is 2.16 bits per heavy atom. The van der Waals surface area contributed by atoms with Crippen molar-refractivity contribution in [3.8, 4) is 0 Å². The van der Waals surface area contributed by atoms with Crippen LogP contribution in [0.4, 0.5) is 5.82 Å². The highest BCUT2D eigenvalue weighted by atomic mass is 32.2. The van der Waals surface area contributed by atoms with E-state index in [0.717, 1.165) is 6.42 Å². The molecule has 0 bridgehead atoms. The van der Waals surface area contributed by atoms with Gasteiger partial charge in [0.05, 0.1) is 11.5 Å². The van der Waals surface area contributed by atoms with E-state index in [4.69, 9.17) is 10.5 Å². The Kier molecular flexibility index (Phi) is 6.20. The number of aromatic nitrogens is 1. The van der Waals surface area contributed by atoms with E-state index < -0.39 is 10.0 Å². The Bertz CT molecular complexity index is 489. The van der Waals surface area contributed by atoms with Gasteiger partial charge in [0.15, 0.2) is 0 Å². The van der Waals surface area contributed by atoms with Crippen molar-refractivity contribution in [1.29, 1.82) is 0 Å². The average Bonchev–Trinajstić information content (AvgIpc) is 2.33. The summed E-state index contributed by atoms with van der Waals surface area (Å²) < 4.78 is 31.5. The third-order valence-electron chi connectivity index (χ3n) is 2.44. The van der Waals surface area contributed by atoms with Gasteiger partial charge in [0.1, 0.15) is 5.82 Å². The minimum atomic E-state index is -3.54. The summed E-state index contributed by atoms with van der Waals surface area (Å²) in [5, 5.41) is 0. The van der Waals surface area contributed by atoms with Crippen molar-refractivity contribution in [2.45, 2.75) is 25.2 Å². The van der Waals surface area contributed by atoms with E-state index in [1.54, 1.807) is 0 Å². The van der Waals surface area contributed by atoms with E-state index >= 15 is 0 Å². The lowest BCUT2D eigenvalue weighted by atomic mass is 10.1. The van der Waals surface area contributed by atoms with Crippen molar-refractivity contribution in [2.75, 3.05) is 25.5 Å². The smallest absolute Gasteiger partial charge is 0.240 e. The number of nitrogens with zero attached hydrogens (tertiary/aromatic N) is 1. The van der Waals surface area contributed by atoms with Crippen LogP contribution in [0.3, 0.4) is 0 Å². The predicted molar refractivity (Wildman–Crippen MR) is 74.1 cm³/mol. The van der Waals surface area contributed by atoms with Crippen LogP contribution in [0, 0.1) is 5.92 Å². The first-order chi connectivity index (χ1) is 8.92. The summed E-state index contributed by atoms with van der Waals surface area (Å²) in [5.41, 5.74) is 5.45. The van der Waals surface area contributed by atoms with Crippen molar-refractivity contribution in [3.05, 3.63) is 18.3 Å². The lowest BCUT2D eigenvalue weighted by molar-refractivity contribution is 0.128. The summed E-state index contributed by atoms with van der Waals surface area (Å²) in [6.45, 7) is 5.45. The molecule has 0 saturated carbocycles. The summed E-state index contributed by atoms with van der Waals surface area (Å²) in [7, 11) is -3.54. The van der Waals surface area contributed by atoms with Gasteiger partial charge in [-0.2, -0.15) is 0 Å². The highest BCUT2D eigenvalue weighted by Crippen LogP contribution is 2.09. The molecule has 0 amide bonds. The van der Waals surface area contributed by atoms with Gasteiger partial charge in [-0.1, -0.05) is 13.8 Å². The van der Waals surface area contributed by atoms with Gasteiger partial charge in [-0.15, -0.1) is 0 Å². The topological polar surface area (TPSA) is 94.3 Å². The van der Waals surface area contributed by atoms with Gasteiger partial charge in [-0.25, -0.2) is 18.1 Å². The number of anilines is 1. The number of sulfonamides is 1. The van der Waals surface area contributed by atoms with Crippen molar-refractivity contribution in [1.82, 2.24) is 9.71 Å². The number of hydrogen-bond donors (Lipinski definition) is 2. The highest BCUT2D eigenvalue weighted by Gasteiger charge is 2.13. The number of hydrogen-bond acceptors (Lipinski definition) is 5. The second-order valence-electron chi connectivity index (χ2n) is 4.61. The molecule has 19 heavy (non-hydrogen) atoms. The van der Waals surface area contributed by atoms with Crippen LogP contribution in [0.25, 0.3) is 0 Å². The first-order valence-corrected chi connectivity index (χ1v) is 7.69. The summed E-state index contributed by atoms with van der Waals surface area (Å²) in [4.78, 5) is 3.86. The number of rotatable bonds is 8. The fourth-order valence-electron chi connectivity index (χ4n) is 1.35. The van der Waals surface area contributed by atoms with Gasteiger partial charge in [0.25, 0.3) is 0 Å². The molecule has 1 aromatic rings. The van der Waals surface area contributed by atoms with E-state index in [1.165, 1.54) is 18.3 Å². The SMILES string of the molecule is CC(C)CCOCCNS(=O)(=O)c1ccnc(N)c1. The van der Waals surface area contributed by atoms with Gasteiger partial charge >= 0.3 is 0 Å². The zero-order valence-corrected chi connectivity index (χ0v) is 12.1. The lowest BCUT2D eigenvalue weighted by Crippen LogP contribution is -2.27. The summed E-state index contributed by atoms with van der Waals surface area (Å²) in [6.07, 6.45) is 2.33. The highest BCUT2D eigenvalue weighted by molar-refractivity contribution is 7.89. The fraction of sp³-hybridized carbons (Fsp3) is 0.583. The molecule has 1 rings (SSSR count). The molecule has 0 aliphatic rings. The zero-order valence-electron chi connectivity index (χ0n) is 11.3. The van der Waals surface area contributed by atoms with Gasteiger partial charge < -0.3 is 10.5 Å². The van der Waals surface area contributed by atoms with Crippen molar-refractivity contribution in [2.24, 2.45) is 5.92 Å². The molecular formula is C12H21N3O3S. The van der Waals surface area contributed by atoms with Crippen LogP contribution in [-0.4, -0.2) is 33.2 Å². The number of nitrogens with two attached hydrogens (primary N) is 1. The van der Waals surface area contributed by atoms with Crippen molar-refractivity contribution >= 4 is 15.8 Å². The fourth-order valence-corrected chi connectivity index (χ4v) is 2.38. The molecule has 0 aliphatic carbocycles. The molecule has 7 heteroatoms. The molecule has 0 radical (unpaired) electrons. The zero-order chi connectivity index (χ0) is 14.3. The number of pyridine rings is 1. The minimum absolute atomic E-state index is 0.113. The second kappa shape index (κ2) is 7.42. The third-order valence-corrected chi connectivity index (χ3v) is 3.90. The monoisotopic (exact) mass is 287 g/mol. The lowest BCUT2D eigenvalue weighted by Gasteiger charge is -2.08. The molecule has 3 N–H and O–H groups in total. The van der Waals surface area contributed by atoms with Gasteiger partial charge in [-0.05, 0) is 18.4 Å². The quantitative estimate of drug-likeness (QED) is 0.696. The molecule has 0 atom stereocenters. The molecule has 0 fully saturated rings. The summed E-state index contributed by atoms with van der Waals surface area (Å²) >= 11 is 0. The van der Waals surface area contributed by atoms with Gasteiger partial charge in [0, 0.05) is 25.4 Å². The van der Waals surface area contributed by atoms with Crippen molar-refractivity contribution in [3.63, 3.8) is 0 Å². The summed E-state index contributed by atoms with van der Waals surface area (Å²) in [6, 6.07) is 2.72. The second-order valence-corrected chi connectivity index (χ2v) is 6.38. The van der Waals surface area contributed by atoms with Gasteiger partial charge in [-0.3, -0.25) is 0 Å². The Morgan fingerprint density at radius 1 is 1.42 bits per heavy atom. The Balaban J connectivity index is 2.36. The maximum absolute atomic E-state index is 11.9. The molecule has 6 nitrogen and oxygen atoms in total. The van der Waals surface area contributed by atoms with Crippen LogP contribution in [0.1, 0.15) is 20.3 Å². The molecule has 0 saturated heterocycles. The van der Waals surface area contributed by atoms with Crippen LogP contribution in [-0.2, 0) is 14.8 Å². The van der Waals surface area contributed by atoms with E-state index in [1.807, 2.05) is 0 Å². The molecular weight excluding hydrogens is 266 g/mol. The standard InChI is InChI=1S/C12H21N3O3S/c1-10(2)4-7-18-8-6-15-19(16,17)11-3-5-14-12(13)9-11/h3,5,9-10,15H,4,6-8H2,1-2H3,(H2,13,14). The maximum Gasteiger partial charge on any atom is 0.240 e. The van der Waals surface area contributed by atoms with E-state index in [9.17, 15) is 8.42 Å². The van der Waals surface area contributed by atoms with Gasteiger partial charge in [0.2, 0.25) is 10.0 Å². The Morgan fingerprint density at radius 3 is 2.79 bits per heavy atom. The van der Waals surface area contributed by atoms with Crippen LogP contribution in [0.5, 0.6) is 0 Å². The molecule has 0 unspecified atom stereocenters. The van der Waals surface area contributed by atoms with Crippen LogP contribution in [0.15, 0.2) is 23.2 Å². The Labute approximate surface area is 114 Å². The van der Waals surface area contributed by atoms with Crippen LogP contribution >= 0.6 is 0 Å². The average molecular weight is 287 g/mol. The minimum Gasteiger partial charge on any atom is -0.384 e. The molecule has 0 spiro atoms. The normalized spacial score (nSPS) is 11.9. The first-order valence-electron chi connectivity index (χ1n) is 6.21. The largest absolute Gasteiger partial charge is 0.384 e. The molecule has 108 valence electrons. The maximum atomic E-state index is 11.9. The summed E-state index contributed by atoms with van der Waals surface area (Å²) in [5.74, 6) is 0.757.